The normalized spacial score (nSPS) is 18.3. The van der Waals surface area contributed by atoms with Gasteiger partial charge in [-0.05, 0) is 91.5 Å². The van der Waals surface area contributed by atoms with E-state index in [0.29, 0.717) is 0 Å². The Bertz CT molecular complexity index is 770. The summed E-state index contributed by atoms with van der Waals surface area (Å²) in [6.07, 6.45) is 0. The van der Waals surface area contributed by atoms with Crippen molar-refractivity contribution in [1.82, 2.24) is 0 Å². The number of benzene rings is 2. The van der Waals surface area contributed by atoms with E-state index in [2.05, 4.69) is 103 Å². The number of rotatable bonds is 2. The molecule has 0 saturated carbocycles. The summed E-state index contributed by atoms with van der Waals surface area (Å²) in [6, 6.07) is 9.26. The Morgan fingerprint density at radius 2 is 0.815 bits per heavy atom. The highest BCUT2D eigenvalue weighted by Gasteiger charge is 2.53. The smallest absolute Gasteiger partial charge is 0.0915 e. The lowest BCUT2D eigenvalue weighted by Gasteiger charge is -2.44. The second-order valence-electron chi connectivity index (χ2n) is 9.61. The molecule has 0 atom stereocenters. The first kappa shape index (κ1) is 19.8. The molecule has 3 rings (SSSR count). The summed E-state index contributed by atoms with van der Waals surface area (Å²) in [5, 5.41) is 0. The van der Waals surface area contributed by atoms with Gasteiger partial charge in [0.05, 0.1) is 17.7 Å². The molecule has 0 unspecified atom stereocenters. The van der Waals surface area contributed by atoms with Gasteiger partial charge in [0, 0.05) is 11.4 Å². The number of nitrogens with zero attached hydrogens (tertiary/aromatic N) is 2. The van der Waals surface area contributed by atoms with Crippen LogP contribution in [0.5, 0.6) is 0 Å². The minimum atomic E-state index is 0.00153. The van der Waals surface area contributed by atoms with Crippen molar-refractivity contribution >= 4 is 11.4 Å². The Morgan fingerprint density at radius 1 is 0.556 bits per heavy atom. The fourth-order valence-corrected chi connectivity index (χ4v) is 5.05. The fourth-order valence-electron chi connectivity index (χ4n) is 5.05. The van der Waals surface area contributed by atoms with E-state index in [1.165, 1.54) is 44.8 Å². The zero-order valence-corrected chi connectivity index (χ0v) is 18.9. The van der Waals surface area contributed by atoms with Crippen molar-refractivity contribution in [2.45, 2.75) is 80.3 Å². The Kier molecular flexibility index (Phi) is 4.61. The first-order valence-corrected chi connectivity index (χ1v) is 10.1. The van der Waals surface area contributed by atoms with E-state index in [9.17, 15) is 0 Å². The quantitative estimate of drug-likeness (QED) is 0.610. The van der Waals surface area contributed by atoms with Crippen LogP contribution in [0.25, 0.3) is 0 Å². The van der Waals surface area contributed by atoms with Crippen molar-refractivity contribution in [3.8, 4) is 0 Å². The summed E-state index contributed by atoms with van der Waals surface area (Å²) in [5.74, 6) is 0. The Labute approximate surface area is 166 Å². The topological polar surface area (TPSA) is 6.48 Å². The summed E-state index contributed by atoms with van der Waals surface area (Å²) in [4.78, 5) is 5.24. The minimum absolute atomic E-state index is 0.00153. The van der Waals surface area contributed by atoms with E-state index in [4.69, 9.17) is 0 Å². The van der Waals surface area contributed by atoms with E-state index in [1.54, 1.807) is 0 Å². The summed E-state index contributed by atoms with van der Waals surface area (Å²) >= 11 is 0. The molecule has 2 aromatic carbocycles. The molecule has 0 radical (unpaired) electrons. The summed E-state index contributed by atoms with van der Waals surface area (Å²) in [5.41, 5.74) is 11.0. The zero-order valence-electron chi connectivity index (χ0n) is 18.9. The van der Waals surface area contributed by atoms with Gasteiger partial charge in [0.25, 0.3) is 0 Å². The molecule has 0 spiro atoms. The first-order chi connectivity index (χ1) is 12.4. The number of anilines is 2. The lowest BCUT2D eigenvalue weighted by molar-refractivity contribution is 0.344. The molecular weight excluding hydrogens is 328 g/mol. The van der Waals surface area contributed by atoms with E-state index in [0.717, 1.165) is 6.67 Å². The first-order valence-electron chi connectivity index (χ1n) is 10.1. The Balaban J connectivity index is 2.18. The van der Waals surface area contributed by atoms with E-state index < -0.39 is 0 Å². The SMILES string of the molecule is Cc1cc(C)c(N2CN(c3c(C)cc(C)cc3C)C(C)(C)C2(C)C)c(C)c1. The van der Waals surface area contributed by atoms with Crippen LogP contribution in [0.1, 0.15) is 61.1 Å². The molecule has 2 aromatic rings. The third kappa shape index (κ3) is 2.94. The maximum atomic E-state index is 2.62. The van der Waals surface area contributed by atoms with Crippen molar-refractivity contribution in [2.75, 3.05) is 16.5 Å². The van der Waals surface area contributed by atoms with E-state index in [1.807, 2.05) is 0 Å². The molecule has 1 heterocycles. The average Bonchev–Trinajstić information content (AvgIpc) is 2.66. The van der Waals surface area contributed by atoms with Gasteiger partial charge in [-0.3, -0.25) is 0 Å². The third-order valence-electron chi connectivity index (χ3n) is 6.94. The van der Waals surface area contributed by atoms with Crippen molar-refractivity contribution < 1.29 is 0 Å². The van der Waals surface area contributed by atoms with E-state index >= 15 is 0 Å². The summed E-state index contributed by atoms with van der Waals surface area (Å²) < 4.78 is 0. The Morgan fingerprint density at radius 3 is 1.07 bits per heavy atom. The Hall–Kier alpha value is -1.96. The maximum absolute atomic E-state index is 2.62. The molecule has 1 fully saturated rings. The molecule has 0 aliphatic carbocycles. The van der Waals surface area contributed by atoms with Crippen molar-refractivity contribution in [3.63, 3.8) is 0 Å². The van der Waals surface area contributed by atoms with Crippen LogP contribution in [-0.2, 0) is 0 Å². The van der Waals surface area contributed by atoms with Crippen LogP contribution in [0.4, 0.5) is 11.4 Å². The average molecular weight is 365 g/mol. The van der Waals surface area contributed by atoms with Crippen LogP contribution in [0.3, 0.4) is 0 Å². The van der Waals surface area contributed by atoms with Gasteiger partial charge in [0.15, 0.2) is 0 Å². The molecular formula is C25H36N2. The molecule has 0 amide bonds. The van der Waals surface area contributed by atoms with Gasteiger partial charge >= 0.3 is 0 Å². The molecule has 2 nitrogen and oxygen atoms in total. The van der Waals surface area contributed by atoms with Crippen LogP contribution in [0, 0.1) is 41.5 Å². The zero-order chi connectivity index (χ0) is 20.3. The van der Waals surface area contributed by atoms with Gasteiger partial charge in [-0.1, -0.05) is 35.4 Å². The predicted molar refractivity (Wildman–Crippen MR) is 119 cm³/mol. The molecule has 1 aliphatic heterocycles. The largest absolute Gasteiger partial charge is 0.346 e. The van der Waals surface area contributed by atoms with Crippen LogP contribution in [0.15, 0.2) is 24.3 Å². The maximum Gasteiger partial charge on any atom is 0.0915 e. The second-order valence-corrected chi connectivity index (χ2v) is 9.61. The highest BCUT2D eigenvalue weighted by atomic mass is 15.5. The van der Waals surface area contributed by atoms with Gasteiger partial charge in [-0.2, -0.15) is 0 Å². The molecule has 146 valence electrons. The van der Waals surface area contributed by atoms with Crippen molar-refractivity contribution in [1.29, 1.82) is 0 Å². The molecule has 1 aliphatic rings. The number of aryl methyl sites for hydroxylation is 6. The van der Waals surface area contributed by atoms with Crippen LogP contribution >= 0.6 is 0 Å². The monoisotopic (exact) mass is 364 g/mol. The van der Waals surface area contributed by atoms with Gasteiger partial charge in [0.1, 0.15) is 0 Å². The molecule has 1 saturated heterocycles. The van der Waals surface area contributed by atoms with Crippen molar-refractivity contribution in [3.05, 3.63) is 57.6 Å². The third-order valence-corrected chi connectivity index (χ3v) is 6.94. The van der Waals surface area contributed by atoms with E-state index in [-0.39, 0.29) is 11.1 Å². The highest BCUT2D eigenvalue weighted by molar-refractivity contribution is 5.70. The predicted octanol–water partition coefficient (Wildman–Crippen LogP) is 6.38. The van der Waals surface area contributed by atoms with Crippen molar-refractivity contribution in [2.24, 2.45) is 0 Å². The fraction of sp³-hybridized carbons (Fsp3) is 0.520. The number of hydrogen-bond acceptors (Lipinski definition) is 2. The van der Waals surface area contributed by atoms with Gasteiger partial charge in [-0.15, -0.1) is 0 Å². The number of hydrogen-bond donors (Lipinski definition) is 0. The standard InChI is InChI=1S/C25H36N2/c1-16-11-18(3)22(19(4)12-16)26-15-27(25(9,10)24(26,7)8)23-20(5)13-17(2)14-21(23)6/h11-14H,15H2,1-10H3. The lowest BCUT2D eigenvalue weighted by atomic mass is 9.81. The summed E-state index contributed by atoms with van der Waals surface area (Å²) in [6.45, 7) is 23.9. The molecule has 2 heteroatoms. The summed E-state index contributed by atoms with van der Waals surface area (Å²) in [7, 11) is 0. The molecule has 0 bridgehead atoms. The molecule has 0 aromatic heterocycles. The van der Waals surface area contributed by atoms with Crippen LogP contribution in [-0.4, -0.2) is 17.7 Å². The van der Waals surface area contributed by atoms with Gasteiger partial charge in [-0.25, -0.2) is 0 Å². The molecule has 0 N–H and O–H groups in total. The van der Waals surface area contributed by atoms with Gasteiger partial charge < -0.3 is 9.80 Å². The lowest BCUT2D eigenvalue weighted by Crippen LogP contribution is -2.54. The van der Waals surface area contributed by atoms with Gasteiger partial charge in [0.2, 0.25) is 0 Å². The molecule has 27 heavy (non-hydrogen) atoms. The second kappa shape index (κ2) is 6.29. The minimum Gasteiger partial charge on any atom is -0.346 e. The van der Waals surface area contributed by atoms with Crippen LogP contribution < -0.4 is 9.80 Å². The van der Waals surface area contributed by atoms with Crippen LogP contribution in [0.2, 0.25) is 0 Å². The highest BCUT2D eigenvalue weighted by Crippen LogP contribution is 2.48.